The first-order valence-corrected chi connectivity index (χ1v) is 10.2. The van der Waals surface area contributed by atoms with Crippen LogP contribution in [0.15, 0.2) is 12.1 Å². The number of carbonyl (C=O) groups is 2. The lowest BCUT2D eigenvalue weighted by Crippen LogP contribution is -2.45. The van der Waals surface area contributed by atoms with Gasteiger partial charge in [0.25, 0.3) is 5.91 Å². The van der Waals surface area contributed by atoms with Crippen molar-refractivity contribution in [3.8, 4) is 0 Å². The largest absolute Gasteiger partial charge is 0.461 e. The minimum absolute atomic E-state index is 0.0103. The standard InChI is InChI=1S/C21H29N3O4/c1-15-3-4-18(16(2)22-15)19(25)24-7-5-21(6-8-24)13-17(28-20(21)26)14-23-9-11-27-12-10-23/h3-4,17H,5-14H2,1-2H3. The highest BCUT2D eigenvalue weighted by Crippen LogP contribution is 2.43. The van der Waals surface area contributed by atoms with Crippen molar-refractivity contribution < 1.29 is 19.1 Å². The number of piperidine rings is 1. The van der Waals surface area contributed by atoms with E-state index in [1.54, 1.807) is 0 Å². The van der Waals surface area contributed by atoms with Crippen LogP contribution in [0.5, 0.6) is 0 Å². The molecule has 1 spiro atoms. The number of hydrogen-bond acceptors (Lipinski definition) is 6. The molecule has 0 saturated carbocycles. The zero-order valence-corrected chi connectivity index (χ0v) is 16.8. The molecule has 1 unspecified atom stereocenters. The predicted octanol–water partition coefficient (Wildman–Crippen LogP) is 1.57. The smallest absolute Gasteiger partial charge is 0.312 e. The molecule has 3 aliphatic heterocycles. The molecule has 3 aliphatic rings. The fraction of sp³-hybridized carbons (Fsp3) is 0.667. The number of cyclic esters (lactones) is 1. The van der Waals surface area contributed by atoms with E-state index in [0.717, 1.165) is 50.7 Å². The van der Waals surface area contributed by atoms with Gasteiger partial charge in [-0.05, 0) is 38.8 Å². The molecule has 0 radical (unpaired) electrons. The lowest BCUT2D eigenvalue weighted by atomic mass is 9.76. The summed E-state index contributed by atoms with van der Waals surface area (Å²) in [6, 6.07) is 3.73. The van der Waals surface area contributed by atoms with Gasteiger partial charge in [0.05, 0.1) is 29.9 Å². The van der Waals surface area contributed by atoms with Gasteiger partial charge in [0.1, 0.15) is 6.10 Å². The van der Waals surface area contributed by atoms with Crippen molar-refractivity contribution in [2.75, 3.05) is 45.9 Å². The molecule has 1 amide bonds. The third-order valence-corrected chi connectivity index (χ3v) is 6.35. The van der Waals surface area contributed by atoms with Crippen LogP contribution in [0.2, 0.25) is 0 Å². The molecule has 0 N–H and O–H groups in total. The monoisotopic (exact) mass is 387 g/mol. The topological polar surface area (TPSA) is 72.0 Å². The summed E-state index contributed by atoms with van der Waals surface area (Å²) in [6.45, 7) is 9.04. The van der Waals surface area contributed by atoms with Crippen LogP contribution in [-0.4, -0.2) is 78.7 Å². The lowest BCUT2D eigenvalue weighted by molar-refractivity contribution is -0.151. The van der Waals surface area contributed by atoms with Crippen molar-refractivity contribution in [2.45, 2.75) is 39.2 Å². The van der Waals surface area contributed by atoms with Crippen molar-refractivity contribution >= 4 is 11.9 Å². The minimum Gasteiger partial charge on any atom is -0.461 e. The fourth-order valence-corrected chi connectivity index (χ4v) is 4.64. The van der Waals surface area contributed by atoms with E-state index in [4.69, 9.17) is 9.47 Å². The second-order valence-electron chi connectivity index (χ2n) is 8.30. The molecule has 1 aromatic rings. The normalized spacial score (nSPS) is 25.1. The number of amides is 1. The minimum atomic E-state index is -0.422. The van der Waals surface area contributed by atoms with Crippen molar-refractivity contribution in [1.29, 1.82) is 0 Å². The van der Waals surface area contributed by atoms with Crippen molar-refractivity contribution in [1.82, 2.24) is 14.8 Å². The molecule has 3 saturated heterocycles. The first-order chi connectivity index (χ1) is 13.5. The first-order valence-electron chi connectivity index (χ1n) is 10.2. The van der Waals surface area contributed by atoms with E-state index < -0.39 is 5.41 Å². The number of likely N-dealkylation sites (tertiary alicyclic amines) is 1. The molecule has 152 valence electrons. The molecule has 0 aliphatic carbocycles. The number of esters is 1. The molecular formula is C21H29N3O4. The van der Waals surface area contributed by atoms with Crippen LogP contribution in [0.3, 0.4) is 0 Å². The van der Waals surface area contributed by atoms with Gasteiger partial charge in [-0.3, -0.25) is 19.5 Å². The molecule has 28 heavy (non-hydrogen) atoms. The number of aryl methyl sites for hydroxylation is 2. The first kappa shape index (κ1) is 19.3. The van der Waals surface area contributed by atoms with Gasteiger partial charge in [-0.2, -0.15) is 0 Å². The van der Waals surface area contributed by atoms with Gasteiger partial charge in [-0.1, -0.05) is 0 Å². The Labute approximate surface area is 166 Å². The molecule has 0 aromatic carbocycles. The summed E-state index contributed by atoms with van der Waals surface area (Å²) in [5, 5.41) is 0. The van der Waals surface area contributed by atoms with E-state index in [1.165, 1.54) is 0 Å². The highest BCUT2D eigenvalue weighted by Gasteiger charge is 2.51. The van der Waals surface area contributed by atoms with Gasteiger partial charge in [0, 0.05) is 44.8 Å². The summed E-state index contributed by atoms with van der Waals surface area (Å²) in [6.07, 6.45) is 2.07. The zero-order chi connectivity index (χ0) is 19.7. The van der Waals surface area contributed by atoms with Gasteiger partial charge in [-0.15, -0.1) is 0 Å². The van der Waals surface area contributed by atoms with Crippen LogP contribution in [0.1, 0.15) is 41.0 Å². The van der Waals surface area contributed by atoms with E-state index >= 15 is 0 Å². The number of pyridine rings is 1. The zero-order valence-electron chi connectivity index (χ0n) is 16.8. The van der Waals surface area contributed by atoms with Crippen molar-refractivity contribution in [3.63, 3.8) is 0 Å². The van der Waals surface area contributed by atoms with Gasteiger partial charge in [-0.25, -0.2) is 0 Å². The maximum absolute atomic E-state index is 12.9. The molecule has 0 bridgehead atoms. The summed E-state index contributed by atoms with van der Waals surface area (Å²) in [7, 11) is 0. The van der Waals surface area contributed by atoms with Crippen LogP contribution in [0.4, 0.5) is 0 Å². The Morgan fingerprint density at radius 2 is 1.89 bits per heavy atom. The quantitative estimate of drug-likeness (QED) is 0.733. The highest BCUT2D eigenvalue weighted by molar-refractivity contribution is 5.95. The Balaban J connectivity index is 1.36. The summed E-state index contributed by atoms with van der Waals surface area (Å²) in [5.74, 6) is -0.0675. The van der Waals surface area contributed by atoms with Crippen LogP contribution in [0, 0.1) is 19.3 Å². The molecule has 4 heterocycles. The Morgan fingerprint density at radius 3 is 2.57 bits per heavy atom. The van der Waals surface area contributed by atoms with Crippen LogP contribution < -0.4 is 0 Å². The molecular weight excluding hydrogens is 358 g/mol. The summed E-state index contributed by atoms with van der Waals surface area (Å²) >= 11 is 0. The molecule has 7 nitrogen and oxygen atoms in total. The van der Waals surface area contributed by atoms with Gasteiger partial charge in [0.2, 0.25) is 0 Å². The van der Waals surface area contributed by atoms with Gasteiger partial charge < -0.3 is 14.4 Å². The average Bonchev–Trinajstić information content (AvgIpc) is 2.97. The molecule has 1 atom stereocenters. The van der Waals surface area contributed by atoms with Crippen LogP contribution >= 0.6 is 0 Å². The molecule has 3 fully saturated rings. The highest BCUT2D eigenvalue weighted by atomic mass is 16.6. The van der Waals surface area contributed by atoms with E-state index in [9.17, 15) is 9.59 Å². The third-order valence-electron chi connectivity index (χ3n) is 6.35. The summed E-state index contributed by atoms with van der Waals surface area (Å²) in [5.41, 5.74) is 1.90. The average molecular weight is 387 g/mol. The second-order valence-corrected chi connectivity index (χ2v) is 8.30. The number of aromatic nitrogens is 1. The summed E-state index contributed by atoms with van der Waals surface area (Å²) in [4.78, 5) is 34.1. The predicted molar refractivity (Wildman–Crippen MR) is 103 cm³/mol. The van der Waals surface area contributed by atoms with E-state index in [-0.39, 0.29) is 18.0 Å². The van der Waals surface area contributed by atoms with Crippen LogP contribution in [0.25, 0.3) is 0 Å². The number of carbonyl (C=O) groups excluding carboxylic acids is 2. The van der Waals surface area contributed by atoms with Crippen LogP contribution in [-0.2, 0) is 14.3 Å². The van der Waals surface area contributed by atoms with E-state index in [0.29, 0.717) is 31.5 Å². The second kappa shape index (κ2) is 7.79. The number of morpholine rings is 1. The maximum Gasteiger partial charge on any atom is 0.312 e. The Morgan fingerprint density at radius 1 is 1.18 bits per heavy atom. The summed E-state index contributed by atoms with van der Waals surface area (Å²) < 4.78 is 11.1. The van der Waals surface area contributed by atoms with Crippen molar-refractivity contribution in [2.24, 2.45) is 5.41 Å². The SMILES string of the molecule is Cc1ccc(C(=O)N2CCC3(CC2)CC(CN2CCOCC2)OC3=O)c(C)n1. The number of rotatable bonds is 3. The Hall–Kier alpha value is -1.99. The molecule has 7 heteroatoms. The van der Waals surface area contributed by atoms with E-state index in [2.05, 4.69) is 9.88 Å². The number of nitrogens with zero attached hydrogens (tertiary/aromatic N) is 3. The number of hydrogen-bond donors (Lipinski definition) is 0. The Bertz CT molecular complexity index is 752. The third kappa shape index (κ3) is 3.78. The lowest BCUT2D eigenvalue weighted by Gasteiger charge is -2.36. The van der Waals surface area contributed by atoms with E-state index in [1.807, 2.05) is 30.9 Å². The molecule has 4 rings (SSSR count). The fourth-order valence-electron chi connectivity index (χ4n) is 4.64. The maximum atomic E-state index is 12.9. The van der Waals surface area contributed by atoms with Gasteiger partial charge >= 0.3 is 5.97 Å². The molecule has 1 aromatic heterocycles. The van der Waals surface area contributed by atoms with Gasteiger partial charge in [0.15, 0.2) is 0 Å². The Kier molecular flexibility index (Phi) is 5.38. The number of ether oxygens (including phenoxy) is 2. The van der Waals surface area contributed by atoms with Crippen molar-refractivity contribution in [3.05, 3.63) is 29.1 Å².